The fourth-order valence-electron chi connectivity index (χ4n) is 2.95. The Bertz CT molecular complexity index is 1100. The third-order valence-electron chi connectivity index (χ3n) is 4.53. The average molecular weight is 425 g/mol. The second-order valence-corrected chi connectivity index (χ2v) is 6.93. The number of rotatable bonds is 7. The van der Waals surface area contributed by atoms with Gasteiger partial charge in [-0.25, -0.2) is 4.79 Å². The van der Waals surface area contributed by atoms with Crippen molar-refractivity contribution in [3.8, 4) is 11.1 Å². The summed E-state index contributed by atoms with van der Waals surface area (Å²) in [5, 5.41) is 23.5. The van der Waals surface area contributed by atoms with E-state index in [2.05, 4.69) is 5.32 Å². The van der Waals surface area contributed by atoms with Crippen LogP contribution < -0.4 is 5.32 Å². The minimum absolute atomic E-state index is 0.157. The molecule has 0 aliphatic heterocycles. The standard InChI is InChI=1S/C22H17ClN2O5/c23-19-9-7-15(8-10-19)14-1-4-17(5-2-14)21(26)24-12-11-16-3-6-18(22(27)28)13-20(16)25(29)30/h1-10,13H,11-12H2,(H,24,26)(H,27,28). The van der Waals surface area contributed by atoms with Gasteiger partial charge in [0, 0.05) is 28.8 Å². The van der Waals surface area contributed by atoms with Crippen molar-refractivity contribution in [3.63, 3.8) is 0 Å². The molecule has 0 aromatic heterocycles. The van der Waals surface area contributed by atoms with Crippen molar-refractivity contribution >= 4 is 29.2 Å². The third-order valence-corrected chi connectivity index (χ3v) is 4.79. The molecule has 0 saturated heterocycles. The van der Waals surface area contributed by atoms with Crippen LogP contribution in [0, 0.1) is 10.1 Å². The number of halogens is 1. The third kappa shape index (κ3) is 5.01. The van der Waals surface area contributed by atoms with Crippen molar-refractivity contribution in [2.75, 3.05) is 6.54 Å². The van der Waals surface area contributed by atoms with E-state index < -0.39 is 10.9 Å². The molecule has 0 atom stereocenters. The van der Waals surface area contributed by atoms with Crippen LogP contribution in [0.15, 0.2) is 66.7 Å². The molecule has 2 N–H and O–H groups in total. The van der Waals surface area contributed by atoms with Crippen molar-refractivity contribution in [2.24, 2.45) is 0 Å². The molecule has 0 heterocycles. The molecule has 0 spiro atoms. The molecule has 0 radical (unpaired) electrons. The number of amides is 1. The number of nitrogens with zero attached hydrogens (tertiary/aromatic N) is 1. The van der Waals surface area contributed by atoms with Crippen LogP contribution in [0.5, 0.6) is 0 Å². The number of carbonyl (C=O) groups excluding carboxylic acids is 1. The molecule has 3 aromatic rings. The number of carboxylic acids is 1. The Morgan fingerprint density at radius 1 is 0.933 bits per heavy atom. The normalized spacial score (nSPS) is 10.4. The number of nitro benzene ring substituents is 1. The molecule has 0 aliphatic carbocycles. The summed E-state index contributed by atoms with van der Waals surface area (Å²) >= 11 is 5.89. The van der Waals surface area contributed by atoms with Crippen molar-refractivity contribution in [1.82, 2.24) is 5.32 Å². The average Bonchev–Trinajstić information content (AvgIpc) is 2.74. The fraction of sp³-hybridized carbons (Fsp3) is 0.0909. The predicted octanol–water partition coefficient (Wildman–Crippen LogP) is 4.59. The van der Waals surface area contributed by atoms with Crippen molar-refractivity contribution in [3.05, 3.63) is 98.6 Å². The second-order valence-electron chi connectivity index (χ2n) is 6.50. The van der Waals surface area contributed by atoms with E-state index in [1.165, 1.54) is 12.1 Å². The highest BCUT2D eigenvalue weighted by atomic mass is 35.5. The Balaban J connectivity index is 1.63. The van der Waals surface area contributed by atoms with E-state index in [0.717, 1.165) is 17.2 Å². The lowest BCUT2D eigenvalue weighted by Crippen LogP contribution is -2.25. The van der Waals surface area contributed by atoms with E-state index in [4.69, 9.17) is 16.7 Å². The van der Waals surface area contributed by atoms with E-state index in [0.29, 0.717) is 16.1 Å². The molecule has 3 rings (SSSR count). The summed E-state index contributed by atoms with van der Waals surface area (Å²) in [7, 11) is 0. The maximum Gasteiger partial charge on any atom is 0.335 e. The Labute approximate surface area is 177 Å². The van der Waals surface area contributed by atoms with Crippen LogP contribution in [0.4, 0.5) is 5.69 Å². The number of benzene rings is 3. The number of hydrogen-bond acceptors (Lipinski definition) is 4. The summed E-state index contributed by atoms with van der Waals surface area (Å²) in [6, 6.07) is 18.1. The number of carboxylic acid groups (broad SMARTS) is 1. The highest BCUT2D eigenvalue weighted by Gasteiger charge is 2.17. The number of hydrogen-bond donors (Lipinski definition) is 2. The monoisotopic (exact) mass is 424 g/mol. The zero-order chi connectivity index (χ0) is 21.7. The Morgan fingerprint density at radius 2 is 1.50 bits per heavy atom. The van der Waals surface area contributed by atoms with Crippen LogP contribution in [-0.4, -0.2) is 28.5 Å². The summed E-state index contributed by atoms with van der Waals surface area (Å²) in [5.74, 6) is -1.54. The van der Waals surface area contributed by atoms with Gasteiger partial charge in [-0.15, -0.1) is 0 Å². The largest absolute Gasteiger partial charge is 0.478 e. The zero-order valence-corrected chi connectivity index (χ0v) is 16.4. The van der Waals surface area contributed by atoms with Gasteiger partial charge in [0.25, 0.3) is 11.6 Å². The quantitative estimate of drug-likeness (QED) is 0.426. The maximum atomic E-state index is 12.3. The number of nitro groups is 1. The highest BCUT2D eigenvalue weighted by molar-refractivity contribution is 6.30. The van der Waals surface area contributed by atoms with Crippen LogP contribution in [-0.2, 0) is 6.42 Å². The van der Waals surface area contributed by atoms with Crippen LogP contribution in [0.25, 0.3) is 11.1 Å². The predicted molar refractivity (Wildman–Crippen MR) is 113 cm³/mol. The number of aromatic carboxylic acids is 1. The summed E-state index contributed by atoms with van der Waals surface area (Å²) in [5.41, 5.74) is 2.29. The molecule has 1 amide bonds. The van der Waals surface area contributed by atoms with Gasteiger partial charge in [-0.1, -0.05) is 41.9 Å². The van der Waals surface area contributed by atoms with Gasteiger partial charge in [-0.3, -0.25) is 14.9 Å². The Kier molecular flexibility index (Phi) is 6.44. The van der Waals surface area contributed by atoms with Gasteiger partial charge in [0.05, 0.1) is 10.5 Å². The van der Waals surface area contributed by atoms with Gasteiger partial charge in [0.2, 0.25) is 0 Å². The van der Waals surface area contributed by atoms with Gasteiger partial charge in [0.15, 0.2) is 0 Å². The first-order chi connectivity index (χ1) is 14.3. The molecule has 3 aromatic carbocycles. The van der Waals surface area contributed by atoms with Crippen LogP contribution in [0.3, 0.4) is 0 Å². The fourth-order valence-corrected chi connectivity index (χ4v) is 3.07. The molecule has 0 saturated carbocycles. The summed E-state index contributed by atoms with van der Waals surface area (Å²) in [6.07, 6.45) is 0.199. The number of nitrogens with one attached hydrogen (secondary N) is 1. The Morgan fingerprint density at radius 3 is 2.07 bits per heavy atom. The molecule has 8 heteroatoms. The van der Waals surface area contributed by atoms with Gasteiger partial charge in [0.1, 0.15) is 0 Å². The van der Waals surface area contributed by atoms with Crippen LogP contribution >= 0.6 is 11.6 Å². The van der Waals surface area contributed by atoms with Crippen molar-refractivity contribution in [1.29, 1.82) is 0 Å². The molecule has 0 bridgehead atoms. The first-order valence-electron chi connectivity index (χ1n) is 9.00. The van der Waals surface area contributed by atoms with E-state index >= 15 is 0 Å². The van der Waals surface area contributed by atoms with Gasteiger partial charge in [-0.2, -0.15) is 0 Å². The molecule has 0 fully saturated rings. The minimum Gasteiger partial charge on any atom is -0.478 e. The molecular weight excluding hydrogens is 408 g/mol. The van der Waals surface area contributed by atoms with E-state index in [1.54, 1.807) is 24.3 Å². The van der Waals surface area contributed by atoms with Crippen LogP contribution in [0.2, 0.25) is 5.02 Å². The molecule has 152 valence electrons. The first-order valence-corrected chi connectivity index (χ1v) is 9.38. The molecular formula is C22H17ClN2O5. The lowest BCUT2D eigenvalue weighted by atomic mass is 10.0. The lowest BCUT2D eigenvalue weighted by molar-refractivity contribution is -0.385. The zero-order valence-electron chi connectivity index (χ0n) is 15.7. The van der Waals surface area contributed by atoms with Crippen molar-refractivity contribution in [2.45, 2.75) is 6.42 Å². The number of carbonyl (C=O) groups is 2. The van der Waals surface area contributed by atoms with Crippen molar-refractivity contribution < 1.29 is 19.6 Å². The smallest absolute Gasteiger partial charge is 0.335 e. The Hall–Kier alpha value is -3.71. The second kappa shape index (κ2) is 9.19. The topological polar surface area (TPSA) is 110 Å². The summed E-state index contributed by atoms with van der Waals surface area (Å²) in [6.45, 7) is 0.172. The molecule has 0 unspecified atom stereocenters. The summed E-state index contributed by atoms with van der Waals surface area (Å²) < 4.78 is 0. The van der Waals surface area contributed by atoms with E-state index in [1.807, 2.05) is 24.3 Å². The SMILES string of the molecule is O=C(O)c1ccc(CCNC(=O)c2ccc(-c3ccc(Cl)cc3)cc2)c([N+](=O)[O-])c1. The van der Waals surface area contributed by atoms with E-state index in [-0.39, 0.29) is 30.1 Å². The van der Waals surface area contributed by atoms with Gasteiger partial charge < -0.3 is 10.4 Å². The molecule has 0 aliphatic rings. The minimum atomic E-state index is -1.24. The molecule has 30 heavy (non-hydrogen) atoms. The molecule has 7 nitrogen and oxygen atoms in total. The maximum absolute atomic E-state index is 12.3. The van der Waals surface area contributed by atoms with Crippen LogP contribution in [0.1, 0.15) is 26.3 Å². The van der Waals surface area contributed by atoms with Gasteiger partial charge >= 0.3 is 5.97 Å². The lowest BCUT2D eigenvalue weighted by Gasteiger charge is -2.08. The van der Waals surface area contributed by atoms with E-state index in [9.17, 15) is 19.7 Å². The highest BCUT2D eigenvalue weighted by Crippen LogP contribution is 2.23. The van der Waals surface area contributed by atoms with Gasteiger partial charge in [-0.05, 0) is 47.9 Å². The summed E-state index contributed by atoms with van der Waals surface area (Å²) in [4.78, 5) is 33.9. The first kappa shape index (κ1) is 21.0.